The Morgan fingerprint density at radius 3 is 1.91 bits per heavy atom. The van der Waals surface area contributed by atoms with Crippen molar-refractivity contribution in [2.24, 2.45) is 0 Å². The van der Waals surface area contributed by atoms with E-state index in [-0.39, 0.29) is 0 Å². The van der Waals surface area contributed by atoms with E-state index in [2.05, 4.69) is 60.7 Å². The van der Waals surface area contributed by atoms with Crippen LogP contribution >= 0.6 is 0 Å². The van der Waals surface area contributed by atoms with Crippen molar-refractivity contribution < 1.29 is 4.74 Å². The van der Waals surface area contributed by atoms with Crippen LogP contribution in [0.15, 0.2) is 121 Å². The quantitative estimate of drug-likeness (QED) is 0.272. The summed E-state index contributed by atoms with van der Waals surface area (Å²) in [6.45, 7) is 0. The Bertz CT molecular complexity index is 1650. The van der Waals surface area contributed by atoms with Gasteiger partial charge in [0, 0.05) is 27.6 Å². The molecule has 0 N–H and O–H groups in total. The highest BCUT2D eigenvalue weighted by atomic mass is 16.5. The Balaban J connectivity index is 1.40. The molecule has 1 aliphatic heterocycles. The van der Waals surface area contributed by atoms with E-state index >= 15 is 0 Å². The molecule has 2 heterocycles. The summed E-state index contributed by atoms with van der Waals surface area (Å²) in [4.78, 5) is 9.86. The maximum Gasteiger partial charge on any atom is 0.160 e. The second-order valence-corrected chi connectivity index (χ2v) is 8.67. The van der Waals surface area contributed by atoms with Gasteiger partial charge in [0.05, 0.1) is 11.4 Å². The van der Waals surface area contributed by atoms with Crippen LogP contribution in [0, 0.1) is 0 Å². The van der Waals surface area contributed by atoms with Crippen molar-refractivity contribution in [2.45, 2.75) is 0 Å². The van der Waals surface area contributed by atoms with Crippen molar-refractivity contribution in [1.82, 2.24) is 9.97 Å². The van der Waals surface area contributed by atoms with Crippen molar-refractivity contribution in [2.75, 3.05) is 0 Å². The second-order valence-electron chi connectivity index (χ2n) is 8.67. The minimum absolute atomic E-state index is 0.704. The van der Waals surface area contributed by atoms with Crippen LogP contribution < -0.4 is 4.74 Å². The lowest BCUT2D eigenvalue weighted by atomic mass is 9.93. The molecule has 0 unspecified atom stereocenters. The Kier molecular flexibility index (Phi) is 4.46. The van der Waals surface area contributed by atoms with Gasteiger partial charge in [-0.3, -0.25) is 0 Å². The summed E-state index contributed by atoms with van der Waals surface area (Å²) in [6, 6.07) is 41.4. The summed E-state index contributed by atoms with van der Waals surface area (Å²) in [5.74, 6) is 2.44. The number of rotatable bonds is 3. The summed E-state index contributed by atoms with van der Waals surface area (Å²) < 4.78 is 6.40. The molecule has 1 aromatic heterocycles. The molecule has 0 radical (unpaired) electrons. The third kappa shape index (κ3) is 3.37. The number of aromatic nitrogens is 2. The van der Waals surface area contributed by atoms with E-state index in [0.29, 0.717) is 5.82 Å². The van der Waals surface area contributed by atoms with Crippen molar-refractivity contribution in [3.63, 3.8) is 0 Å². The summed E-state index contributed by atoms with van der Waals surface area (Å²) in [6.07, 6.45) is 0. The van der Waals surface area contributed by atoms with E-state index < -0.39 is 0 Å². The molecule has 35 heavy (non-hydrogen) atoms. The standard InChI is InChI=1S/C32H20N2O/c1-3-9-21(10-4-1)27-20-28(34-32(33-27)23-11-5-2-6-12-23)24-17-18-25-26-15-7-13-22-14-8-16-29(31(22)26)35-30(25)19-24/h1-20H. The lowest BCUT2D eigenvalue weighted by Gasteiger charge is -2.22. The van der Waals surface area contributed by atoms with Gasteiger partial charge >= 0.3 is 0 Å². The zero-order chi connectivity index (χ0) is 23.2. The van der Waals surface area contributed by atoms with Crippen molar-refractivity contribution in [3.05, 3.63) is 121 Å². The highest BCUT2D eigenvalue weighted by Crippen LogP contribution is 2.47. The molecule has 7 rings (SSSR count). The van der Waals surface area contributed by atoms with Crippen LogP contribution in [0.1, 0.15) is 0 Å². The van der Waals surface area contributed by atoms with Crippen LogP contribution in [0.4, 0.5) is 0 Å². The molecular formula is C32H20N2O. The lowest BCUT2D eigenvalue weighted by molar-refractivity contribution is 0.487. The molecule has 6 aromatic rings. The lowest BCUT2D eigenvalue weighted by Crippen LogP contribution is -1.99. The van der Waals surface area contributed by atoms with E-state index in [9.17, 15) is 0 Å². The highest BCUT2D eigenvalue weighted by molar-refractivity contribution is 6.04. The molecule has 164 valence electrons. The third-order valence-corrected chi connectivity index (χ3v) is 6.48. The minimum atomic E-state index is 0.704. The fraction of sp³-hybridized carbons (Fsp3) is 0. The zero-order valence-electron chi connectivity index (χ0n) is 18.8. The minimum Gasteiger partial charge on any atom is -0.456 e. The molecular weight excluding hydrogens is 428 g/mol. The molecule has 5 aromatic carbocycles. The van der Waals surface area contributed by atoms with Crippen molar-refractivity contribution in [3.8, 4) is 56.5 Å². The molecule has 3 heteroatoms. The molecule has 0 saturated carbocycles. The predicted octanol–water partition coefficient (Wildman–Crippen LogP) is 8.40. The molecule has 3 nitrogen and oxygen atoms in total. The summed E-state index contributed by atoms with van der Waals surface area (Å²) >= 11 is 0. The highest BCUT2D eigenvalue weighted by Gasteiger charge is 2.21. The molecule has 0 aliphatic carbocycles. The van der Waals surface area contributed by atoms with Crippen LogP contribution in [0.2, 0.25) is 0 Å². The molecule has 0 atom stereocenters. The summed E-state index contributed by atoms with van der Waals surface area (Å²) in [7, 11) is 0. The van der Waals surface area contributed by atoms with Gasteiger partial charge in [0.15, 0.2) is 5.82 Å². The number of ether oxygens (including phenoxy) is 1. The topological polar surface area (TPSA) is 35.0 Å². The maximum atomic E-state index is 6.40. The molecule has 0 amide bonds. The summed E-state index contributed by atoms with van der Waals surface area (Å²) in [5, 5.41) is 2.35. The molecule has 0 saturated heterocycles. The van der Waals surface area contributed by atoms with Crippen LogP contribution in [0.5, 0.6) is 11.5 Å². The molecule has 1 aliphatic rings. The first-order valence-electron chi connectivity index (χ1n) is 11.7. The molecule has 0 spiro atoms. The first-order chi connectivity index (χ1) is 17.3. The van der Waals surface area contributed by atoms with Gasteiger partial charge in [-0.1, -0.05) is 97.1 Å². The average Bonchev–Trinajstić information content (AvgIpc) is 2.94. The molecule has 0 fully saturated rings. The Morgan fingerprint density at radius 1 is 0.457 bits per heavy atom. The Hall–Kier alpha value is -4.76. The van der Waals surface area contributed by atoms with E-state index in [1.54, 1.807) is 0 Å². The van der Waals surface area contributed by atoms with Gasteiger partial charge in [0.25, 0.3) is 0 Å². The van der Waals surface area contributed by atoms with Gasteiger partial charge in [0.1, 0.15) is 11.5 Å². The fourth-order valence-electron chi connectivity index (χ4n) is 4.79. The smallest absolute Gasteiger partial charge is 0.160 e. The third-order valence-electron chi connectivity index (χ3n) is 6.48. The van der Waals surface area contributed by atoms with E-state index in [0.717, 1.165) is 50.5 Å². The maximum absolute atomic E-state index is 6.40. The monoisotopic (exact) mass is 448 g/mol. The van der Waals surface area contributed by atoms with Gasteiger partial charge in [0.2, 0.25) is 0 Å². The fourth-order valence-corrected chi connectivity index (χ4v) is 4.79. The zero-order valence-corrected chi connectivity index (χ0v) is 18.8. The number of benzene rings is 5. The van der Waals surface area contributed by atoms with E-state index in [1.165, 1.54) is 10.9 Å². The van der Waals surface area contributed by atoms with Gasteiger partial charge in [-0.15, -0.1) is 0 Å². The van der Waals surface area contributed by atoms with Gasteiger partial charge < -0.3 is 4.74 Å². The average molecular weight is 449 g/mol. The largest absolute Gasteiger partial charge is 0.456 e. The number of hydrogen-bond donors (Lipinski definition) is 0. The van der Waals surface area contributed by atoms with Crippen molar-refractivity contribution in [1.29, 1.82) is 0 Å². The van der Waals surface area contributed by atoms with E-state index in [4.69, 9.17) is 14.7 Å². The van der Waals surface area contributed by atoms with Crippen LogP contribution in [-0.4, -0.2) is 9.97 Å². The first-order valence-corrected chi connectivity index (χ1v) is 11.7. The van der Waals surface area contributed by atoms with Crippen LogP contribution in [-0.2, 0) is 0 Å². The molecule has 0 bridgehead atoms. The number of nitrogens with zero attached hydrogens (tertiary/aromatic N) is 2. The Morgan fingerprint density at radius 2 is 1.14 bits per heavy atom. The first kappa shape index (κ1) is 19.7. The van der Waals surface area contributed by atoms with Gasteiger partial charge in [-0.05, 0) is 35.2 Å². The number of fused-ring (bicyclic) bond motifs is 2. The second kappa shape index (κ2) is 7.93. The SMILES string of the molecule is c1ccc(-c2cc(-c3ccc4c(c3)Oc3cccc5cccc-4c35)nc(-c3ccccc3)n2)cc1. The summed E-state index contributed by atoms with van der Waals surface area (Å²) in [5.41, 5.74) is 7.09. The number of hydrogen-bond acceptors (Lipinski definition) is 3. The predicted molar refractivity (Wildman–Crippen MR) is 141 cm³/mol. The Labute approximate surface area is 203 Å². The normalized spacial score (nSPS) is 11.7. The van der Waals surface area contributed by atoms with Gasteiger partial charge in [-0.25, -0.2) is 9.97 Å². The van der Waals surface area contributed by atoms with Crippen molar-refractivity contribution >= 4 is 10.8 Å². The van der Waals surface area contributed by atoms with Gasteiger partial charge in [-0.2, -0.15) is 0 Å². The van der Waals surface area contributed by atoms with Crippen LogP contribution in [0.25, 0.3) is 55.8 Å². The van der Waals surface area contributed by atoms with Crippen LogP contribution in [0.3, 0.4) is 0 Å². The van der Waals surface area contributed by atoms with E-state index in [1.807, 2.05) is 60.7 Å².